The Kier molecular flexibility index (Phi) is 4.10. The Bertz CT molecular complexity index is 626. The number of nitrogens with zero attached hydrogens (tertiary/aromatic N) is 2. The fraction of sp³-hybridized carbons (Fsp3) is 0.133. The topological polar surface area (TPSA) is 59.0 Å². The first-order valence-corrected chi connectivity index (χ1v) is 6.02. The van der Waals surface area contributed by atoms with Crippen molar-refractivity contribution in [1.82, 2.24) is 0 Å². The second-order valence-electron chi connectivity index (χ2n) is 4.18. The number of hydrogen-bond donors (Lipinski definition) is 0. The number of anilines is 1. The Morgan fingerprint density at radius 1 is 1.15 bits per heavy atom. The van der Waals surface area contributed by atoms with Crippen LogP contribution >= 0.6 is 0 Å². The van der Waals surface area contributed by atoms with Crippen molar-refractivity contribution in [3.8, 4) is 5.75 Å². The summed E-state index contributed by atoms with van der Waals surface area (Å²) in [5.41, 5.74) is 1.36. The van der Waals surface area contributed by atoms with Crippen LogP contribution < -0.4 is 9.75 Å². The Labute approximate surface area is 116 Å². The summed E-state index contributed by atoms with van der Waals surface area (Å²) in [4.78, 5) is 23.2. The molecule has 5 heteroatoms. The second-order valence-corrected chi connectivity index (χ2v) is 4.18. The summed E-state index contributed by atoms with van der Waals surface area (Å²) in [6, 6.07) is 13.8. The minimum absolute atomic E-state index is 0.185. The predicted molar refractivity (Wildman–Crippen MR) is 77.1 cm³/mol. The monoisotopic (exact) mass is 270 g/mol. The molecule has 0 fully saturated rings. The van der Waals surface area contributed by atoms with E-state index < -0.39 is 0 Å². The molecule has 102 valence electrons. The average molecular weight is 270 g/mol. The van der Waals surface area contributed by atoms with Crippen LogP contribution in [0.3, 0.4) is 0 Å². The van der Waals surface area contributed by atoms with Gasteiger partial charge in [0.2, 0.25) is 0 Å². The Balaban J connectivity index is 2.53. The molecule has 5 nitrogen and oxygen atoms in total. The Morgan fingerprint density at radius 3 is 2.45 bits per heavy atom. The molecule has 0 aliphatic rings. The third-order valence-electron chi connectivity index (χ3n) is 2.96. The maximum absolute atomic E-state index is 12.5. The quantitative estimate of drug-likeness (QED) is 0.476. The molecule has 0 amide bonds. The van der Waals surface area contributed by atoms with E-state index in [4.69, 9.17) is 4.74 Å². The molecule has 2 rings (SSSR count). The molecule has 2 aromatic carbocycles. The van der Waals surface area contributed by atoms with Crippen LogP contribution in [0, 0.1) is 4.91 Å². The van der Waals surface area contributed by atoms with Crippen molar-refractivity contribution in [3.63, 3.8) is 0 Å². The van der Waals surface area contributed by atoms with Gasteiger partial charge in [-0.15, -0.1) is 4.91 Å². The van der Waals surface area contributed by atoms with Crippen LogP contribution in [0.1, 0.15) is 15.9 Å². The highest BCUT2D eigenvalue weighted by molar-refractivity contribution is 6.12. The number of hydrogen-bond acceptors (Lipinski definition) is 4. The van der Waals surface area contributed by atoms with E-state index in [-0.39, 0.29) is 5.78 Å². The van der Waals surface area contributed by atoms with Gasteiger partial charge in [0.05, 0.1) is 23.6 Å². The number of nitroso groups, excluding NO2 is 1. The van der Waals surface area contributed by atoms with Gasteiger partial charge in [0.25, 0.3) is 0 Å². The zero-order valence-electron chi connectivity index (χ0n) is 11.2. The molecule has 0 saturated heterocycles. The number of carbonyl (C=O) groups excluding carboxylic acids is 1. The maximum atomic E-state index is 12.5. The predicted octanol–water partition coefficient (Wildman–Crippen LogP) is 3.04. The van der Waals surface area contributed by atoms with Gasteiger partial charge in [0, 0.05) is 12.6 Å². The van der Waals surface area contributed by atoms with Crippen molar-refractivity contribution in [2.75, 3.05) is 19.2 Å². The molecule has 0 saturated carbocycles. The summed E-state index contributed by atoms with van der Waals surface area (Å²) < 4.78 is 5.13. The van der Waals surface area contributed by atoms with Crippen LogP contribution in [0.2, 0.25) is 0 Å². The summed E-state index contributed by atoms with van der Waals surface area (Å²) in [5, 5.41) is 3.96. The van der Waals surface area contributed by atoms with Gasteiger partial charge in [-0.1, -0.05) is 30.3 Å². The summed E-state index contributed by atoms with van der Waals surface area (Å²) in [6.45, 7) is 0. The zero-order valence-corrected chi connectivity index (χ0v) is 11.2. The van der Waals surface area contributed by atoms with Crippen LogP contribution in [-0.2, 0) is 0 Å². The first kappa shape index (κ1) is 13.7. The van der Waals surface area contributed by atoms with Crippen LogP contribution in [-0.4, -0.2) is 19.9 Å². The molecule has 0 aromatic heterocycles. The normalized spacial score (nSPS) is 9.90. The standard InChI is InChI=1S/C15H14N2O3/c1-17(16-19)14-9-8-12(20-2)10-13(14)15(18)11-6-4-3-5-7-11/h3-10H,1-2H3. The first-order valence-electron chi connectivity index (χ1n) is 6.02. The van der Waals surface area contributed by atoms with Crippen molar-refractivity contribution in [1.29, 1.82) is 0 Å². The van der Waals surface area contributed by atoms with E-state index in [9.17, 15) is 9.70 Å². The molecule has 0 aliphatic heterocycles. The first-order chi connectivity index (χ1) is 9.67. The molecule has 20 heavy (non-hydrogen) atoms. The summed E-state index contributed by atoms with van der Waals surface area (Å²) in [5.74, 6) is 0.363. The van der Waals surface area contributed by atoms with E-state index in [0.717, 1.165) is 5.01 Å². The number of carbonyl (C=O) groups is 1. The van der Waals surface area contributed by atoms with E-state index in [1.807, 2.05) is 6.07 Å². The number of benzene rings is 2. The molecule has 0 unspecified atom stereocenters. The van der Waals surface area contributed by atoms with Crippen molar-refractivity contribution >= 4 is 11.5 Å². The van der Waals surface area contributed by atoms with Crippen molar-refractivity contribution < 1.29 is 9.53 Å². The van der Waals surface area contributed by atoms with Gasteiger partial charge in [-0.2, -0.15) is 0 Å². The minimum atomic E-state index is -0.185. The lowest BCUT2D eigenvalue weighted by Crippen LogP contribution is -2.13. The van der Waals surface area contributed by atoms with Crippen LogP contribution in [0.15, 0.2) is 53.8 Å². The van der Waals surface area contributed by atoms with Crippen LogP contribution in [0.5, 0.6) is 5.75 Å². The van der Waals surface area contributed by atoms with Crippen molar-refractivity contribution in [2.45, 2.75) is 0 Å². The number of rotatable bonds is 5. The van der Waals surface area contributed by atoms with E-state index in [1.165, 1.54) is 14.2 Å². The lowest BCUT2D eigenvalue weighted by Gasteiger charge is -2.14. The van der Waals surface area contributed by atoms with Gasteiger partial charge in [0.1, 0.15) is 5.75 Å². The maximum Gasteiger partial charge on any atom is 0.195 e. The average Bonchev–Trinajstić information content (AvgIpc) is 2.53. The summed E-state index contributed by atoms with van der Waals surface area (Å²) in [6.07, 6.45) is 0. The lowest BCUT2D eigenvalue weighted by molar-refractivity contribution is 0.103. The van der Waals surface area contributed by atoms with E-state index in [1.54, 1.807) is 42.5 Å². The number of ether oxygens (including phenoxy) is 1. The molecule has 0 spiro atoms. The summed E-state index contributed by atoms with van der Waals surface area (Å²) in [7, 11) is 3.02. The van der Waals surface area contributed by atoms with Crippen molar-refractivity contribution in [3.05, 3.63) is 64.6 Å². The Hall–Kier alpha value is -2.69. The molecule has 0 bridgehead atoms. The number of methoxy groups -OCH3 is 1. The highest BCUT2D eigenvalue weighted by atomic mass is 16.5. The number of ketones is 1. The van der Waals surface area contributed by atoms with Gasteiger partial charge >= 0.3 is 0 Å². The van der Waals surface area contributed by atoms with Gasteiger partial charge < -0.3 is 4.74 Å². The van der Waals surface area contributed by atoms with Crippen molar-refractivity contribution in [2.24, 2.45) is 5.29 Å². The largest absolute Gasteiger partial charge is 0.497 e. The lowest BCUT2D eigenvalue weighted by atomic mass is 10.0. The van der Waals surface area contributed by atoms with Crippen LogP contribution in [0.4, 0.5) is 5.69 Å². The minimum Gasteiger partial charge on any atom is -0.497 e. The van der Waals surface area contributed by atoms with Crippen LogP contribution in [0.25, 0.3) is 0 Å². The van der Waals surface area contributed by atoms with Gasteiger partial charge in [-0.25, -0.2) is 5.01 Å². The third-order valence-corrected chi connectivity index (χ3v) is 2.96. The van der Waals surface area contributed by atoms with Gasteiger partial charge in [-0.3, -0.25) is 4.79 Å². The highest BCUT2D eigenvalue weighted by Crippen LogP contribution is 2.27. The SMILES string of the molecule is COc1ccc(N(C)N=O)c(C(=O)c2ccccc2)c1. The molecule has 2 aromatic rings. The molecule has 0 heterocycles. The molecular formula is C15H14N2O3. The highest BCUT2D eigenvalue weighted by Gasteiger charge is 2.17. The van der Waals surface area contributed by atoms with Gasteiger partial charge in [-0.05, 0) is 18.2 Å². The smallest absolute Gasteiger partial charge is 0.195 e. The fourth-order valence-electron chi connectivity index (χ4n) is 1.90. The van der Waals surface area contributed by atoms with Gasteiger partial charge in [0.15, 0.2) is 5.78 Å². The molecule has 0 N–H and O–H groups in total. The molecular weight excluding hydrogens is 256 g/mol. The fourth-order valence-corrected chi connectivity index (χ4v) is 1.90. The molecule has 0 atom stereocenters. The second kappa shape index (κ2) is 5.97. The third kappa shape index (κ3) is 2.66. The zero-order chi connectivity index (χ0) is 14.5. The molecule has 0 aliphatic carbocycles. The van der Waals surface area contributed by atoms with E-state index >= 15 is 0 Å². The molecule has 0 radical (unpaired) electrons. The Morgan fingerprint density at radius 2 is 1.85 bits per heavy atom. The van der Waals surface area contributed by atoms with E-state index in [0.29, 0.717) is 22.6 Å². The summed E-state index contributed by atoms with van der Waals surface area (Å²) >= 11 is 0. The van der Waals surface area contributed by atoms with E-state index in [2.05, 4.69) is 5.29 Å².